The number of hydrogen-bond acceptors (Lipinski definition) is 7. The molecule has 1 aromatic heterocycles. The maximum absolute atomic E-state index is 10.5. The Hall–Kier alpha value is -2.97. The number of carbonyl (C=O) groups excluding carboxylic acids is 1. The maximum atomic E-state index is 10.5. The first-order valence-corrected chi connectivity index (χ1v) is 9.47. The minimum absolute atomic E-state index is 0.00921. The molecule has 0 aliphatic carbocycles. The van der Waals surface area contributed by atoms with Gasteiger partial charge in [-0.1, -0.05) is 51.1 Å². The summed E-state index contributed by atoms with van der Waals surface area (Å²) in [5.74, 6) is 1.33. The highest BCUT2D eigenvalue weighted by atomic mass is 16.6. The molecule has 162 valence electrons. The van der Waals surface area contributed by atoms with E-state index >= 15 is 0 Å². The van der Waals surface area contributed by atoms with Gasteiger partial charge in [-0.2, -0.15) is 0 Å². The summed E-state index contributed by atoms with van der Waals surface area (Å²) in [4.78, 5) is 18.8. The molecule has 9 heteroatoms. The molecule has 0 radical (unpaired) electrons. The average Bonchev–Trinajstić information content (AvgIpc) is 3.08. The van der Waals surface area contributed by atoms with Crippen molar-refractivity contribution < 1.29 is 19.2 Å². The van der Waals surface area contributed by atoms with Crippen LogP contribution in [0.1, 0.15) is 40.3 Å². The number of hydrogen-bond donors (Lipinski definition) is 0. The van der Waals surface area contributed by atoms with E-state index in [1.807, 2.05) is 50.4 Å². The molecule has 0 amide bonds. The van der Waals surface area contributed by atoms with Gasteiger partial charge in [-0.25, -0.2) is 4.68 Å². The van der Waals surface area contributed by atoms with Crippen LogP contribution in [0, 0.1) is 22.0 Å². The zero-order valence-corrected chi connectivity index (χ0v) is 18.1. The van der Waals surface area contributed by atoms with Gasteiger partial charge in [0.15, 0.2) is 13.8 Å². The van der Waals surface area contributed by atoms with E-state index in [1.165, 1.54) is 0 Å². The normalized spacial score (nSPS) is 9.79. The minimum atomic E-state index is -0.500. The molecule has 0 N–H and O–H groups in total. The SMILES string of the molecule is CC(C)Cc1cn(COc2ccccc2)nn1.CCOC(=O)C(C)C.C[N+](=O)[O-]. The van der Waals surface area contributed by atoms with E-state index in [-0.39, 0.29) is 11.9 Å². The monoisotopic (exact) mass is 408 g/mol. The number of nitrogens with zero attached hydrogens (tertiary/aromatic N) is 4. The predicted octanol–water partition coefficient (Wildman–Crippen LogP) is 3.61. The number of esters is 1. The first-order chi connectivity index (χ1) is 13.6. The number of benzene rings is 1. The molecule has 1 heterocycles. The van der Waals surface area contributed by atoms with E-state index in [1.54, 1.807) is 11.6 Å². The molecule has 0 spiro atoms. The van der Waals surface area contributed by atoms with Crippen molar-refractivity contribution in [3.8, 4) is 5.75 Å². The predicted molar refractivity (Wildman–Crippen MR) is 110 cm³/mol. The lowest BCUT2D eigenvalue weighted by atomic mass is 10.1. The first kappa shape index (κ1) is 26.0. The number of aromatic nitrogens is 3. The van der Waals surface area contributed by atoms with Crippen LogP contribution in [-0.4, -0.2) is 39.5 Å². The third-order valence-corrected chi connectivity index (χ3v) is 3.07. The van der Waals surface area contributed by atoms with Crippen molar-refractivity contribution in [1.82, 2.24) is 15.0 Å². The summed E-state index contributed by atoms with van der Waals surface area (Å²) >= 11 is 0. The average molecular weight is 408 g/mol. The van der Waals surface area contributed by atoms with Gasteiger partial charge < -0.3 is 9.47 Å². The van der Waals surface area contributed by atoms with Crippen LogP contribution in [-0.2, 0) is 22.7 Å². The Morgan fingerprint density at radius 3 is 2.24 bits per heavy atom. The second-order valence-corrected chi connectivity index (χ2v) is 6.78. The summed E-state index contributed by atoms with van der Waals surface area (Å²) in [6, 6.07) is 9.70. The van der Waals surface area contributed by atoms with E-state index in [0.29, 0.717) is 19.3 Å². The maximum Gasteiger partial charge on any atom is 0.308 e. The molecular weight excluding hydrogens is 376 g/mol. The summed E-state index contributed by atoms with van der Waals surface area (Å²) in [5, 5.41) is 16.9. The van der Waals surface area contributed by atoms with Gasteiger partial charge in [0, 0.05) is 4.92 Å². The second kappa shape index (κ2) is 15.0. The van der Waals surface area contributed by atoms with Gasteiger partial charge in [0.05, 0.1) is 24.4 Å². The summed E-state index contributed by atoms with van der Waals surface area (Å²) in [5.41, 5.74) is 1.01. The van der Waals surface area contributed by atoms with Crippen molar-refractivity contribution in [3.05, 3.63) is 52.3 Å². The highest BCUT2D eigenvalue weighted by molar-refractivity contribution is 5.71. The largest absolute Gasteiger partial charge is 0.471 e. The molecule has 0 unspecified atom stereocenters. The molecule has 1 aromatic carbocycles. The molecule has 2 rings (SSSR count). The minimum Gasteiger partial charge on any atom is -0.471 e. The molecule has 29 heavy (non-hydrogen) atoms. The zero-order valence-electron chi connectivity index (χ0n) is 18.1. The Balaban J connectivity index is 0.000000547. The lowest BCUT2D eigenvalue weighted by Crippen LogP contribution is -2.10. The fourth-order valence-corrected chi connectivity index (χ4v) is 1.88. The number of rotatable bonds is 7. The molecule has 0 saturated heterocycles. The van der Waals surface area contributed by atoms with Gasteiger partial charge in [-0.15, -0.1) is 5.10 Å². The zero-order chi connectivity index (χ0) is 22.2. The third kappa shape index (κ3) is 14.7. The summed E-state index contributed by atoms with van der Waals surface area (Å²) in [7, 11) is 0.889. The van der Waals surface area contributed by atoms with Crippen molar-refractivity contribution in [1.29, 1.82) is 0 Å². The molecule has 9 nitrogen and oxygen atoms in total. The van der Waals surface area contributed by atoms with Crippen molar-refractivity contribution in [2.45, 2.75) is 47.8 Å². The Bertz CT molecular complexity index is 698. The quantitative estimate of drug-likeness (QED) is 0.391. The lowest BCUT2D eigenvalue weighted by molar-refractivity contribution is -0.445. The number of carbonyl (C=O) groups is 1. The number of para-hydroxylation sites is 1. The van der Waals surface area contributed by atoms with Crippen molar-refractivity contribution >= 4 is 5.97 Å². The Morgan fingerprint density at radius 1 is 1.21 bits per heavy atom. The Labute approximate surface area is 172 Å². The van der Waals surface area contributed by atoms with Crippen LogP contribution in [0.4, 0.5) is 0 Å². The molecule has 0 saturated carbocycles. The first-order valence-electron chi connectivity index (χ1n) is 9.47. The summed E-state index contributed by atoms with van der Waals surface area (Å²) < 4.78 is 11.9. The van der Waals surface area contributed by atoms with Crippen LogP contribution in [0.2, 0.25) is 0 Å². The fraction of sp³-hybridized carbons (Fsp3) is 0.550. The highest BCUT2D eigenvalue weighted by Crippen LogP contribution is 2.09. The molecule has 0 atom stereocenters. The van der Waals surface area contributed by atoms with Crippen LogP contribution in [0.3, 0.4) is 0 Å². The van der Waals surface area contributed by atoms with Gasteiger partial charge in [0.25, 0.3) is 0 Å². The molecular formula is C20H32N4O5. The lowest BCUT2D eigenvalue weighted by Gasteiger charge is -2.04. The Morgan fingerprint density at radius 2 is 1.79 bits per heavy atom. The molecule has 0 aliphatic heterocycles. The van der Waals surface area contributed by atoms with Crippen LogP contribution >= 0.6 is 0 Å². The van der Waals surface area contributed by atoms with E-state index in [4.69, 9.17) is 14.9 Å². The van der Waals surface area contributed by atoms with Gasteiger partial charge in [-0.05, 0) is 31.4 Å². The number of ether oxygens (including phenoxy) is 2. The Kier molecular flexibility index (Phi) is 13.5. The van der Waals surface area contributed by atoms with E-state index in [9.17, 15) is 4.79 Å². The number of nitro groups is 1. The van der Waals surface area contributed by atoms with E-state index in [0.717, 1.165) is 24.9 Å². The van der Waals surface area contributed by atoms with E-state index in [2.05, 4.69) is 28.9 Å². The third-order valence-electron chi connectivity index (χ3n) is 3.07. The molecule has 0 bridgehead atoms. The smallest absolute Gasteiger partial charge is 0.308 e. The molecule has 2 aromatic rings. The standard InChI is InChI=1S/C13H17N3O.C6H12O2.CH3NO2/c1-11(2)8-12-9-16(15-14-12)10-17-13-6-4-3-5-7-13;1-4-8-6(7)5(2)3;1-2(3)4/h3-7,9,11H,8,10H2,1-2H3;5H,4H2,1-3H3;1H3. The van der Waals surface area contributed by atoms with Crippen LogP contribution in [0.5, 0.6) is 5.75 Å². The fourth-order valence-electron chi connectivity index (χ4n) is 1.88. The highest BCUT2D eigenvalue weighted by Gasteiger charge is 2.05. The van der Waals surface area contributed by atoms with Crippen LogP contribution in [0.25, 0.3) is 0 Å². The molecule has 0 aliphatic rings. The summed E-state index contributed by atoms with van der Waals surface area (Å²) in [6.45, 7) is 10.7. The van der Waals surface area contributed by atoms with Gasteiger partial charge in [0.2, 0.25) is 0 Å². The second-order valence-electron chi connectivity index (χ2n) is 6.78. The summed E-state index contributed by atoms with van der Waals surface area (Å²) in [6.07, 6.45) is 2.88. The van der Waals surface area contributed by atoms with Gasteiger partial charge in [-0.3, -0.25) is 14.9 Å². The van der Waals surface area contributed by atoms with Crippen molar-refractivity contribution in [2.24, 2.45) is 11.8 Å². The van der Waals surface area contributed by atoms with Crippen molar-refractivity contribution in [2.75, 3.05) is 13.7 Å². The van der Waals surface area contributed by atoms with E-state index < -0.39 is 4.92 Å². The molecule has 0 fully saturated rings. The van der Waals surface area contributed by atoms with Gasteiger partial charge in [0.1, 0.15) is 5.75 Å². The topological polar surface area (TPSA) is 109 Å². The van der Waals surface area contributed by atoms with Gasteiger partial charge >= 0.3 is 5.97 Å². The van der Waals surface area contributed by atoms with Crippen LogP contribution in [0.15, 0.2) is 36.5 Å². The van der Waals surface area contributed by atoms with Crippen LogP contribution < -0.4 is 4.74 Å². The van der Waals surface area contributed by atoms with Crippen molar-refractivity contribution in [3.63, 3.8) is 0 Å².